The average molecular weight is 387 g/mol. The number of nitrogens with zero attached hydrogens (tertiary/aromatic N) is 2. The number of carboxylic acid groups (broad SMARTS) is 2. The first-order chi connectivity index (χ1) is 11.8. The van der Waals surface area contributed by atoms with Crippen molar-refractivity contribution < 1.29 is 19.8 Å². The minimum absolute atomic E-state index is 0.402. The minimum atomic E-state index is -1.82. The van der Waals surface area contributed by atoms with Crippen LogP contribution in [0.4, 0.5) is 0 Å². The van der Waals surface area contributed by atoms with Crippen LogP contribution in [0.15, 0.2) is 36.9 Å². The predicted molar refractivity (Wildman–Crippen MR) is 96.2 cm³/mol. The van der Waals surface area contributed by atoms with Crippen LogP contribution in [-0.2, 0) is 16.1 Å². The summed E-state index contributed by atoms with van der Waals surface area (Å²) >= 11 is 12.3. The molecule has 0 aliphatic heterocycles. The van der Waals surface area contributed by atoms with Crippen molar-refractivity contribution in [3.63, 3.8) is 0 Å². The van der Waals surface area contributed by atoms with E-state index in [0.29, 0.717) is 10.9 Å². The predicted octanol–water partition coefficient (Wildman–Crippen LogP) is 4.32. The summed E-state index contributed by atoms with van der Waals surface area (Å²) in [6, 6.07) is 5.78. The highest BCUT2D eigenvalue weighted by atomic mass is 35.5. The van der Waals surface area contributed by atoms with Crippen LogP contribution in [0.1, 0.15) is 37.7 Å². The van der Waals surface area contributed by atoms with Gasteiger partial charge in [-0.2, -0.15) is 0 Å². The topological polar surface area (TPSA) is 92.4 Å². The zero-order valence-corrected chi connectivity index (χ0v) is 15.2. The maximum Gasteiger partial charge on any atom is 0.414 e. The zero-order chi connectivity index (χ0) is 18.8. The molecule has 1 atom stereocenters. The lowest BCUT2D eigenvalue weighted by Gasteiger charge is -2.19. The smallest absolute Gasteiger partial charge is 0.414 e. The number of carboxylic acids is 2. The van der Waals surface area contributed by atoms with Crippen LogP contribution in [-0.4, -0.2) is 31.7 Å². The van der Waals surface area contributed by atoms with Gasteiger partial charge in [-0.1, -0.05) is 49.0 Å². The summed E-state index contributed by atoms with van der Waals surface area (Å²) in [5.74, 6) is -3.25. The second-order valence-electron chi connectivity index (χ2n) is 5.37. The van der Waals surface area contributed by atoms with Crippen molar-refractivity contribution >= 4 is 35.1 Å². The third-order valence-corrected chi connectivity index (χ3v) is 4.04. The summed E-state index contributed by atoms with van der Waals surface area (Å²) in [4.78, 5) is 22.3. The van der Waals surface area contributed by atoms with Crippen molar-refractivity contribution in [2.45, 2.75) is 38.6 Å². The number of hydrogen-bond acceptors (Lipinski definition) is 3. The van der Waals surface area contributed by atoms with Gasteiger partial charge in [0.25, 0.3) is 0 Å². The molecule has 0 bridgehead atoms. The molecule has 0 saturated heterocycles. The molecule has 2 rings (SSSR count). The number of halogens is 2. The molecule has 136 valence electrons. The van der Waals surface area contributed by atoms with Gasteiger partial charge in [-0.15, -0.1) is 0 Å². The molecule has 25 heavy (non-hydrogen) atoms. The van der Waals surface area contributed by atoms with Gasteiger partial charge in [0, 0.05) is 34.9 Å². The third kappa shape index (κ3) is 7.58. The summed E-state index contributed by atoms with van der Waals surface area (Å²) < 4.78 is 2.10. The average Bonchev–Trinajstić information content (AvgIpc) is 3.05. The first-order valence-corrected chi connectivity index (χ1v) is 8.47. The monoisotopic (exact) mass is 386 g/mol. The molecule has 1 aromatic carbocycles. The highest BCUT2D eigenvalue weighted by Gasteiger charge is 2.15. The van der Waals surface area contributed by atoms with Crippen molar-refractivity contribution in [1.29, 1.82) is 0 Å². The Morgan fingerprint density at radius 2 is 1.92 bits per heavy atom. The molecule has 2 aromatic rings. The van der Waals surface area contributed by atoms with E-state index in [0.717, 1.165) is 18.0 Å². The number of unbranched alkanes of at least 4 members (excludes halogenated alkanes) is 1. The van der Waals surface area contributed by atoms with Crippen LogP contribution in [0.3, 0.4) is 0 Å². The largest absolute Gasteiger partial charge is 0.473 e. The number of aliphatic carboxylic acids is 2. The van der Waals surface area contributed by atoms with Gasteiger partial charge in [0.15, 0.2) is 0 Å². The minimum Gasteiger partial charge on any atom is -0.473 e. The summed E-state index contributed by atoms with van der Waals surface area (Å²) in [5.41, 5.74) is 1.17. The Morgan fingerprint density at radius 1 is 1.24 bits per heavy atom. The maximum atomic E-state index is 9.10. The molecule has 0 spiro atoms. The molecule has 8 heteroatoms. The lowest BCUT2D eigenvalue weighted by atomic mass is 9.93. The molecule has 0 saturated carbocycles. The van der Waals surface area contributed by atoms with Gasteiger partial charge in [0.2, 0.25) is 0 Å². The van der Waals surface area contributed by atoms with E-state index in [4.69, 9.17) is 43.0 Å². The number of rotatable bonds is 6. The molecular weight excluding hydrogens is 367 g/mol. The van der Waals surface area contributed by atoms with E-state index in [9.17, 15) is 0 Å². The Hall–Kier alpha value is -2.05. The molecule has 1 aromatic heterocycles. The highest BCUT2D eigenvalue weighted by Crippen LogP contribution is 2.31. The summed E-state index contributed by atoms with van der Waals surface area (Å²) in [5, 5.41) is 16.2. The molecule has 0 aliphatic carbocycles. The van der Waals surface area contributed by atoms with Gasteiger partial charge in [0.05, 0.1) is 6.33 Å². The van der Waals surface area contributed by atoms with Gasteiger partial charge in [0.1, 0.15) is 0 Å². The normalized spacial score (nSPS) is 11.3. The van der Waals surface area contributed by atoms with E-state index < -0.39 is 11.9 Å². The SMILES string of the molecule is CCCCC(Cn1ccnc1)c1ccc(Cl)cc1Cl.O=C(O)C(=O)O. The molecule has 0 radical (unpaired) electrons. The Bertz CT molecular complexity index is 678. The maximum absolute atomic E-state index is 9.10. The van der Waals surface area contributed by atoms with Gasteiger partial charge in [-0.05, 0) is 24.1 Å². The van der Waals surface area contributed by atoms with Crippen molar-refractivity contribution in [3.8, 4) is 0 Å². The first-order valence-electron chi connectivity index (χ1n) is 7.72. The molecule has 0 amide bonds. The number of aromatic nitrogens is 2. The van der Waals surface area contributed by atoms with E-state index >= 15 is 0 Å². The second-order valence-corrected chi connectivity index (χ2v) is 6.22. The van der Waals surface area contributed by atoms with Crippen molar-refractivity contribution in [3.05, 3.63) is 52.5 Å². The number of benzene rings is 1. The van der Waals surface area contributed by atoms with E-state index in [1.165, 1.54) is 18.4 Å². The fourth-order valence-electron chi connectivity index (χ4n) is 2.28. The summed E-state index contributed by atoms with van der Waals surface area (Å²) in [7, 11) is 0. The Balaban J connectivity index is 0.000000450. The fourth-order valence-corrected chi connectivity index (χ4v) is 2.84. The molecule has 0 aliphatic rings. The number of hydrogen-bond donors (Lipinski definition) is 2. The van der Waals surface area contributed by atoms with Gasteiger partial charge in [-0.25, -0.2) is 14.6 Å². The fraction of sp³-hybridized carbons (Fsp3) is 0.353. The van der Waals surface area contributed by atoms with Crippen LogP contribution >= 0.6 is 23.2 Å². The van der Waals surface area contributed by atoms with E-state index in [1.54, 1.807) is 6.20 Å². The van der Waals surface area contributed by atoms with E-state index in [-0.39, 0.29) is 0 Å². The quantitative estimate of drug-likeness (QED) is 0.721. The van der Waals surface area contributed by atoms with Crippen molar-refractivity contribution in [1.82, 2.24) is 9.55 Å². The highest BCUT2D eigenvalue weighted by molar-refractivity contribution is 6.35. The number of imidazole rings is 1. The molecule has 0 fully saturated rings. The Kier molecular flexibility index (Phi) is 9.02. The zero-order valence-electron chi connectivity index (χ0n) is 13.7. The van der Waals surface area contributed by atoms with Crippen LogP contribution in [0.5, 0.6) is 0 Å². The van der Waals surface area contributed by atoms with Crippen molar-refractivity contribution in [2.75, 3.05) is 0 Å². The second kappa shape index (κ2) is 10.7. The molecule has 1 heterocycles. The van der Waals surface area contributed by atoms with Crippen molar-refractivity contribution in [2.24, 2.45) is 0 Å². The van der Waals surface area contributed by atoms with Gasteiger partial charge >= 0.3 is 11.9 Å². The van der Waals surface area contributed by atoms with Crippen LogP contribution in [0.25, 0.3) is 0 Å². The first kappa shape index (κ1) is 21.0. The van der Waals surface area contributed by atoms with E-state index in [2.05, 4.69) is 16.5 Å². The molecular formula is C17H20Cl2N2O4. The molecule has 2 N–H and O–H groups in total. The lowest BCUT2D eigenvalue weighted by Crippen LogP contribution is -2.09. The molecule has 6 nitrogen and oxygen atoms in total. The Morgan fingerprint density at radius 3 is 2.40 bits per heavy atom. The van der Waals surface area contributed by atoms with Crippen LogP contribution < -0.4 is 0 Å². The molecule has 1 unspecified atom stereocenters. The van der Waals surface area contributed by atoms with Gasteiger partial charge in [-0.3, -0.25) is 0 Å². The van der Waals surface area contributed by atoms with Gasteiger partial charge < -0.3 is 14.8 Å². The number of carbonyl (C=O) groups is 2. The van der Waals surface area contributed by atoms with Crippen LogP contribution in [0, 0.1) is 0 Å². The van der Waals surface area contributed by atoms with Crippen LogP contribution in [0.2, 0.25) is 10.0 Å². The standard InChI is InChI=1S/C15H18Cl2N2.C2H2O4/c1-2-3-4-12(10-19-8-7-18-11-19)14-6-5-13(16)9-15(14)17;3-1(4)2(5)6/h5-9,11-12H,2-4,10H2,1H3;(H,3,4)(H,5,6). The summed E-state index contributed by atoms with van der Waals surface area (Å²) in [6.45, 7) is 3.11. The Labute approximate surface area is 156 Å². The lowest BCUT2D eigenvalue weighted by molar-refractivity contribution is -0.159. The summed E-state index contributed by atoms with van der Waals surface area (Å²) in [6.07, 6.45) is 9.14. The van der Waals surface area contributed by atoms with E-state index in [1.807, 2.05) is 30.7 Å². The third-order valence-electron chi connectivity index (χ3n) is 3.48.